The molecule has 2 N–H and O–H groups in total. The Balaban J connectivity index is 2.34. The first-order valence-corrected chi connectivity index (χ1v) is 7.21. The molecule has 3 rings (SSSR count). The molecule has 0 aliphatic rings. The first-order valence-electron chi connectivity index (χ1n) is 5.66. The molecule has 108 valence electrons. The summed E-state index contributed by atoms with van der Waals surface area (Å²) in [6.45, 7) is 0. The Hall–Kier alpha value is -1.37. The van der Waals surface area contributed by atoms with Crippen LogP contribution < -0.4 is 5.73 Å². The van der Waals surface area contributed by atoms with Crippen LogP contribution in [0.2, 0.25) is 10.0 Å². The van der Waals surface area contributed by atoms with Crippen molar-refractivity contribution < 1.29 is 8.78 Å². The second-order valence-corrected chi connectivity index (χ2v) is 5.95. The predicted octanol–water partition coefficient (Wildman–Crippen LogP) is 4.96. The molecule has 21 heavy (non-hydrogen) atoms. The van der Waals surface area contributed by atoms with Gasteiger partial charge in [-0.3, -0.25) is 4.57 Å². The van der Waals surface area contributed by atoms with Crippen LogP contribution in [-0.2, 0) is 0 Å². The van der Waals surface area contributed by atoms with Gasteiger partial charge in [-0.05, 0) is 34.1 Å². The van der Waals surface area contributed by atoms with Gasteiger partial charge in [-0.2, -0.15) is 0 Å². The van der Waals surface area contributed by atoms with Gasteiger partial charge < -0.3 is 5.73 Å². The number of anilines is 1. The Morgan fingerprint density at radius 3 is 2.33 bits per heavy atom. The number of nitrogens with zero attached hydrogens (tertiary/aromatic N) is 2. The number of aromatic nitrogens is 2. The average molecular weight is 393 g/mol. The minimum Gasteiger partial charge on any atom is -0.369 e. The summed E-state index contributed by atoms with van der Waals surface area (Å²) < 4.78 is 28.8. The number of benzene rings is 2. The fourth-order valence-electron chi connectivity index (χ4n) is 2.03. The van der Waals surface area contributed by atoms with E-state index in [1.807, 2.05) is 0 Å². The van der Waals surface area contributed by atoms with Gasteiger partial charge in [0.05, 0.1) is 31.2 Å². The highest BCUT2D eigenvalue weighted by atomic mass is 79.9. The lowest BCUT2D eigenvalue weighted by atomic mass is 10.2. The van der Waals surface area contributed by atoms with E-state index in [0.29, 0.717) is 16.7 Å². The Morgan fingerprint density at radius 1 is 1.10 bits per heavy atom. The van der Waals surface area contributed by atoms with Crippen LogP contribution in [0.15, 0.2) is 28.7 Å². The molecule has 0 atom stereocenters. The van der Waals surface area contributed by atoms with Gasteiger partial charge in [0.2, 0.25) is 5.95 Å². The second kappa shape index (κ2) is 5.12. The zero-order valence-electron chi connectivity index (χ0n) is 10.2. The number of hydrogen-bond acceptors (Lipinski definition) is 2. The van der Waals surface area contributed by atoms with Crippen molar-refractivity contribution in [3.63, 3.8) is 0 Å². The van der Waals surface area contributed by atoms with Crippen LogP contribution in [-0.4, -0.2) is 9.55 Å². The van der Waals surface area contributed by atoms with Crippen LogP contribution in [0.25, 0.3) is 16.7 Å². The summed E-state index contributed by atoms with van der Waals surface area (Å²) in [7, 11) is 0. The first-order chi connectivity index (χ1) is 9.88. The Labute approximate surface area is 136 Å². The fourth-order valence-corrected chi connectivity index (χ4v) is 2.84. The summed E-state index contributed by atoms with van der Waals surface area (Å²) in [5.41, 5.74) is 7.20. The van der Waals surface area contributed by atoms with E-state index >= 15 is 0 Å². The maximum atomic E-state index is 13.5. The van der Waals surface area contributed by atoms with E-state index in [1.54, 1.807) is 0 Å². The zero-order chi connectivity index (χ0) is 15.3. The summed E-state index contributed by atoms with van der Waals surface area (Å²) in [5, 5.41) is -0.278. The summed E-state index contributed by atoms with van der Waals surface area (Å²) in [6.07, 6.45) is 0. The van der Waals surface area contributed by atoms with E-state index < -0.39 is 11.6 Å². The summed E-state index contributed by atoms with van der Waals surface area (Å²) in [6, 6.07) is 5.52. The van der Waals surface area contributed by atoms with Crippen molar-refractivity contribution in [1.29, 1.82) is 0 Å². The highest BCUT2D eigenvalue weighted by Gasteiger charge is 2.16. The average Bonchev–Trinajstić information content (AvgIpc) is 2.71. The molecule has 0 fully saturated rings. The monoisotopic (exact) mass is 391 g/mol. The van der Waals surface area contributed by atoms with E-state index in [9.17, 15) is 8.78 Å². The van der Waals surface area contributed by atoms with Crippen LogP contribution in [0.4, 0.5) is 14.7 Å². The lowest BCUT2D eigenvalue weighted by Gasteiger charge is -2.09. The van der Waals surface area contributed by atoms with Crippen molar-refractivity contribution in [2.24, 2.45) is 0 Å². The number of fused-ring (bicyclic) bond motifs is 1. The van der Waals surface area contributed by atoms with E-state index in [2.05, 4.69) is 20.9 Å². The number of hydrogen-bond donors (Lipinski definition) is 1. The van der Waals surface area contributed by atoms with Gasteiger partial charge >= 0.3 is 0 Å². The van der Waals surface area contributed by atoms with Gasteiger partial charge in [-0.15, -0.1) is 0 Å². The Bertz CT molecular complexity index is 856. The Morgan fingerprint density at radius 2 is 1.71 bits per heavy atom. The molecule has 3 nitrogen and oxygen atoms in total. The molecule has 0 amide bonds. The molecular weight excluding hydrogens is 387 g/mol. The standard InChI is InChI=1S/C13H6BrCl2F2N3/c14-6-3-11-10(4-9(6)17)20-13(19)21(11)5-1-7(15)12(18)8(16)2-5/h1-4H,(H2,19,20). The highest BCUT2D eigenvalue weighted by molar-refractivity contribution is 9.10. The van der Waals surface area contributed by atoms with Gasteiger partial charge in [-0.1, -0.05) is 23.2 Å². The molecule has 0 spiro atoms. The maximum Gasteiger partial charge on any atom is 0.205 e. The van der Waals surface area contributed by atoms with Crippen LogP contribution in [0, 0.1) is 11.6 Å². The summed E-state index contributed by atoms with van der Waals surface area (Å²) in [5.74, 6) is -1.05. The third-order valence-corrected chi connectivity index (χ3v) is 4.11. The second-order valence-electron chi connectivity index (χ2n) is 4.28. The quantitative estimate of drug-likeness (QED) is 0.595. The number of rotatable bonds is 1. The lowest BCUT2D eigenvalue weighted by molar-refractivity contribution is 0.623. The van der Waals surface area contributed by atoms with E-state index in [4.69, 9.17) is 28.9 Å². The number of nitrogens with two attached hydrogens (primary N) is 1. The SMILES string of the molecule is Nc1nc2cc(F)c(Br)cc2n1-c1cc(Cl)c(F)c(Cl)c1. The first kappa shape index (κ1) is 14.6. The number of halogens is 5. The van der Waals surface area contributed by atoms with E-state index in [-0.39, 0.29) is 20.5 Å². The van der Waals surface area contributed by atoms with Crippen molar-refractivity contribution in [3.8, 4) is 5.69 Å². The minimum absolute atomic E-state index is 0.112. The molecule has 8 heteroatoms. The maximum absolute atomic E-state index is 13.5. The van der Waals surface area contributed by atoms with Crippen LogP contribution in [0.3, 0.4) is 0 Å². The van der Waals surface area contributed by atoms with Crippen molar-refractivity contribution in [3.05, 3.63) is 50.4 Å². The number of imidazole rings is 1. The van der Waals surface area contributed by atoms with Crippen LogP contribution in [0.1, 0.15) is 0 Å². The van der Waals surface area contributed by atoms with Crippen molar-refractivity contribution in [2.75, 3.05) is 5.73 Å². The molecule has 0 aliphatic heterocycles. The van der Waals surface area contributed by atoms with Gasteiger partial charge in [0, 0.05) is 6.07 Å². The number of nitrogen functional groups attached to an aromatic ring is 1. The molecule has 1 aromatic heterocycles. The topological polar surface area (TPSA) is 43.8 Å². The van der Waals surface area contributed by atoms with Gasteiger partial charge in [-0.25, -0.2) is 13.8 Å². The van der Waals surface area contributed by atoms with E-state index in [0.717, 1.165) is 0 Å². The third-order valence-electron chi connectivity index (χ3n) is 2.95. The molecule has 0 bridgehead atoms. The van der Waals surface area contributed by atoms with Crippen molar-refractivity contribution in [2.45, 2.75) is 0 Å². The highest BCUT2D eigenvalue weighted by Crippen LogP contribution is 2.32. The van der Waals surface area contributed by atoms with Gasteiger partial charge in [0.1, 0.15) is 5.82 Å². The van der Waals surface area contributed by atoms with Crippen LogP contribution >= 0.6 is 39.1 Å². The van der Waals surface area contributed by atoms with Crippen molar-refractivity contribution in [1.82, 2.24) is 9.55 Å². The molecule has 0 aliphatic carbocycles. The van der Waals surface area contributed by atoms with E-state index in [1.165, 1.54) is 28.8 Å². The Kier molecular flexibility index (Phi) is 3.55. The largest absolute Gasteiger partial charge is 0.369 e. The summed E-state index contributed by atoms with van der Waals surface area (Å²) in [4.78, 5) is 4.07. The normalized spacial score (nSPS) is 11.3. The molecule has 0 unspecified atom stereocenters. The minimum atomic E-state index is -0.711. The molecule has 0 saturated carbocycles. The molecular formula is C13H6BrCl2F2N3. The lowest BCUT2D eigenvalue weighted by Crippen LogP contribution is -2.01. The molecule has 0 radical (unpaired) electrons. The molecule has 2 aromatic carbocycles. The molecule has 3 aromatic rings. The smallest absolute Gasteiger partial charge is 0.205 e. The fraction of sp³-hybridized carbons (Fsp3) is 0. The predicted molar refractivity (Wildman–Crippen MR) is 83.1 cm³/mol. The molecule has 1 heterocycles. The summed E-state index contributed by atoms with van der Waals surface area (Å²) >= 11 is 14.7. The molecule has 0 saturated heterocycles. The van der Waals surface area contributed by atoms with Gasteiger partial charge in [0.15, 0.2) is 5.82 Å². The van der Waals surface area contributed by atoms with Crippen molar-refractivity contribution >= 4 is 56.1 Å². The van der Waals surface area contributed by atoms with Gasteiger partial charge in [0.25, 0.3) is 0 Å². The zero-order valence-corrected chi connectivity index (χ0v) is 13.3. The third kappa shape index (κ3) is 2.37. The van der Waals surface area contributed by atoms with Crippen LogP contribution in [0.5, 0.6) is 0 Å².